The molecule has 0 aliphatic carbocycles. The first-order valence-corrected chi connectivity index (χ1v) is 18.9. The molecule has 0 unspecified atom stereocenters. The van der Waals surface area contributed by atoms with Crippen molar-refractivity contribution in [3.05, 3.63) is 159 Å². The Labute approximate surface area is 336 Å². The summed E-state index contributed by atoms with van der Waals surface area (Å²) in [6.45, 7) is 3.49. The average molecular weight is 808 g/mol. The summed E-state index contributed by atoms with van der Waals surface area (Å²) in [5.41, 5.74) is 3.11. The van der Waals surface area contributed by atoms with Gasteiger partial charge in [0.25, 0.3) is 0 Å². The molecule has 13 heteroatoms. The molecule has 0 N–H and O–H groups in total. The Morgan fingerprint density at radius 2 is 0.949 bits per heavy atom. The molecule has 2 heterocycles. The number of hydrogen-bond donors (Lipinski definition) is 0. The van der Waals surface area contributed by atoms with Crippen LogP contribution in [0, 0.1) is 0 Å². The fourth-order valence-electron chi connectivity index (χ4n) is 6.28. The standard InChI is InChI=1S/C46H40F3NO9/c47-46(48,49)59-37-15-9-32(10-16-37)31-50(21-23-53-25-27-55-35-17-11-33(12-18-35)44-29-40(51)38-5-1-3-7-42(38)57-44)22-24-54-26-28-56-36-19-13-34(14-20-36)45-30-41(52)39-6-2-4-8-43(39)58-45/h1-20,29-30H,21-28,31H2. The SMILES string of the molecule is O=c1cc(-c2ccc(OCCOCCN(CCOCCOc3ccc(-c4cc(=O)c5ccccc5o4)cc3)Cc3ccc(OC(F)(F)F)cc3)cc2)oc2ccccc12. The van der Waals surface area contributed by atoms with E-state index in [0.717, 1.165) is 16.7 Å². The van der Waals surface area contributed by atoms with E-state index < -0.39 is 6.36 Å². The summed E-state index contributed by atoms with van der Waals surface area (Å²) in [6, 6.07) is 37.4. The molecule has 5 aromatic carbocycles. The fraction of sp³-hybridized carbons (Fsp3) is 0.217. The molecule has 0 fully saturated rings. The van der Waals surface area contributed by atoms with E-state index in [1.165, 1.54) is 24.3 Å². The number of ether oxygens (including phenoxy) is 5. The minimum absolute atomic E-state index is 0.111. The van der Waals surface area contributed by atoms with E-state index in [2.05, 4.69) is 9.64 Å². The largest absolute Gasteiger partial charge is 0.573 e. The number of hydrogen-bond acceptors (Lipinski definition) is 10. The van der Waals surface area contributed by atoms with Crippen LogP contribution in [-0.2, 0) is 16.0 Å². The molecule has 0 atom stereocenters. The van der Waals surface area contributed by atoms with Crippen LogP contribution in [0.25, 0.3) is 44.6 Å². The number of benzene rings is 5. The van der Waals surface area contributed by atoms with Gasteiger partial charge in [-0.05, 0) is 90.5 Å². The summed E-state index contributed by atoms with van der Waals surface area (Å²) in [7, 11) is 0. The second-order valence-corrected chi connectivity index (χ2v) is 13.4. The summed E-state index contributed by atoms with van der Waals surface area (Å²) >= 11 is 0. The van der Waals surface area contributed by atoms with E-state index in [9.17, 15) is 22.8 Å². The van der Waals surface area contributed by atoms with Crippen LogP contribution in [0.1, 0.15) is 5.56 Å². The zero-order valence-corrected chi connectivity index (χ0v) is 31.8. The third kappa shape index (κ3) is 11.6. The number of halogens is 3. The van der Waals surface area contributed by atoms with Gasteiger partial charge in [-0.3, -0.25) is 14.5 Å². The Kier molecular flexibility index (Phi) is 13.4. The van der Waals surface area contributed by atoms with Crippen LogP contribution in [0.3, 0.4) is 0 Å². The van der Waals surface area contributed by atoms with Crippen LogP contribution in [0.2, 0.25) is 0 Å². The molecular formula is C46H40F3NO9. The lowest BCUT2D eigenvalue weighted by Gasteiger charge is -2.22. The predicted molar refractivity (Wildman–Crippen MR) is 217 cm³/mol. The first kappa shape index (κ1) is 40.8. The quantitative estimate of drug-likeness (QED) is 0.0735. The summed E-state index contributed by atoms with van der Waals surface area (Å²) < 4.78 is 77.3. The lowest BCUT2D eigenvalue weighted by Crippen LogP contribution is -2.31. The van der Waals surface area contributed by atoms with Crippen LogP contribution < -0.4 is 25.1 Å². The molecule has 0 saturated heterocycles. The van der Waals surface area contributed by atoms with Crippen LogP contribution in [0.4, 0.5) is 13.2 Å². The van der Waals surface area contributed by atoms with Gasteiger partial charge in [0, 0.05) is 42.9 Å². The number of rotatable bonds is 19. The van der Waals surface area contributed by atoms with E-state index >= 15 is 0 Å². The molecule has 0 aliphatic heterocycles. The van der Waals surface area contributed by atoms with Gasteiger partial charge in [-0.2, -0.15) is 0 Å². The maximum absolute atomic E-state index is 12.7. The third-order valence-electron chi connectivity index (χ3n) is 9.21. The molecule has 7 aromatic rings. The van der Waals surface area contributed by atoms with Crippen molar-refractivity contribution >= 4 is 21.9 Å². The van der Waals surface area contributed by atoms with Crippen molar-refractivity contribution in [1.82, 2.24) is 4.90 Å². The Hall–Kier alpha value is -6.41. The maximum atomic E-state index is 12.7. The number of fused-ring (bicyclic) bond motifs is 2. The van der Waals surface area contributed by atoms with Gasteiger partial charge >= 0.3 is 6.36 Å². The van der Waals surface area contributed by atoms with E-state index in [1.54, 1.807) is 72.8 Å². The average Bonchev–Trinajstić information content (AvgIpc) is 3.23. The highest BCUT2D eigenvalue weighted by Crippen LogP contribution is 2.27. The molecule has 7 rings (SSSR count). The van der Waals surface area contributed by atoms with Crippen LogP contribution in [0.15, 0.2) is 152 Å². The lowest BCUT2D eigenvalue weighted by molar-refractivity contribution is -0.274. The molecule has 0 amide bonds. The summed E-state index contributed by atoms with van der Waals surface area (Å²) in [6.07, 6.45) is -4.77. The number of para-hydroxylation sites is 2. The first-order valence-electron chi connectivity index (χ1n) is 18.9. The van der Waals surface area contributed by atoms with Crippen LogP contribution in [0.5, 0.6) is 17.2 Å². The van der Waals surface area contributed by atoms with Gasteiger partial charge in [-0.25, -0.2) is 0 Å². The van der Waals surface area contributed by atoms with Crippen molar-refractivity contribution in [2.75, 3.05) is 52.7 Å². The van der Waals surface area contributed by atoms with Crippen molar-refractivity contribution in [2.24, 2.45) is 0 Å². The van der Waals surface area contributed by atoms with E-state index in [4.69, 9.17) is 27.8 Å². The molecule has 10 nitrogen and oxygen atoms in total. The molecule has 0 saturated carbocycles. The van der Waals surface area contributed by atoms with Crippen LogP contribution in [-0.4, -0.2) is 64.0 Å². The van der Waals surface area contributed by atoms with Gasteiger partial charge < -0.3 is 32.5 Å². The van der Waals surface area contributed by atoms with E-state index in [-0.39, 0.29) is 16.6 Å². The van der Waals surface area contributed by atoms with Crippen molar-refractivity contribution in [2.45, 2.75) is 12.9 Å². The second-order valence-electron chi connectivity index (χ2n) is 13.4. The van der Waals surface area contributed by atoms with Gasteiger partial charge in [-0.15, -0.1) is 13.2 Å². The highest BCUT2D eigenvalue weighted by Gasteiger charge is 2.31. The Balaban J connectivity index is 0.850. The molecule has 304 valence electrons. The molecule has 59 heavy (non-hydrogen) atoms. The minimum Gasteiger partial charge on any atom is -0.491 e. The predicted octanol–water partition coefficient (Wildman–Crippen LogP) is 9.13. The normalized spacial score (nSPS) is 11.7. The smallest absolute Gasteiger partial charge is 0.491 e. The number of alkyl halides is 3. The fourth-order valence-corrected chi connectivity index (χ4v) is 6.28. The van der Waals surface area contributed by atoms with Gasteiger partial charge in [0.1, 0.15) is 53.1 Å². The lowest BCUT2D eigenvalue weighted by atomic mass is 10.1. The molecule has 0 radical (unpaired) electrons. The molecule has 0 aliphatic rings. The van der Waals surface area contributed by atoms with E-state index in [0.29, 0.717) is 104 Å². The molecule has 2 aromatic heterocycles. The first-order chi connectivity index (χ1) is 28.7. The van der Waals surface area contributed by atoms with Gasteiger partial charge in [0.15, 0.2) is 10.9 Å². The van der Waals surface area contributed by atoms with Crippen molar-refractivity contribution in [3.63, 3.8) is 0 Å². The second kappa shape index (κ2) is 19.4. The zero-order valence-electron chi connectivity index (χ0n) is 31.8. The highest BCUT2D eigenvalue weighted by atomic mass is 19.4. The van der Waals surface area contributed by atoms with Crippen LogP contribution >= 0.6 is 0 Å². The molecule has 0 spiro atoms. The maximum Gasteiger partial charge on any atom is 0.573 e. The summed E-state index contributed by atoms with van der Waals surface area (Å²) in [5, 5.41) is 1.06. The Morgan fingerprint density at radius 3 is 1.41 bits per heavy atom. The molecular weight excluding hydrogens is 767 g/mol. The van der Waals surface area contributed by atoms with Gasteiger partial charge in [0.2, 0.25) is 0 Å². The highest BCUT2D eigenvalue weighted by molar-refractivity contribution is 5.79. The van der Waals surface area contributed by atoms with Crippen molar-refractivity contribution in [3.8, 4) is 39.9 Å². The molecule has 0 bridgehead atoms. The van der Waals surface area contributed by atoms with E-state index in [1.807, 2.05) is 36.4 Å². The van der Waals surface area contributed by atoms with Gasteiger partial charge in [-0.1, -0.05) is 36.4 Å². The monoisotopic (exact) mass is 807 g/mol. The zero-order chi connectivity index (χ0) is 41.0. The Bertz CT molecular complexity index is 2400. The number of nitrogens with zero attached hydrogens (tertiary/aromatic N) is 1. The topological polar surface area (TPSA) is 110 Å². The minimum atomic E-state index is -4.77. The van der Waals surface area contributed by atoms with Gasteiger partial charge in [0.05, 0.1) is 37.2 Å². The summed E-state index contributed by atoms with van der Waals surface area (Å²) in [4.78, 5) is 27.1. The Morgan fingerprint density at radius 1 is 0.508 bits per heavy atom. The third-order valence-corrected chi connectivity index (χ3v) is 9.21. The summed E-state index contributed by atoms with van der Waals surface area (Å²) in [5.74, 6) is 1.92. The van der Waals surface area contributed by atoms with Crippen molar-refractivity contribution in [1.29, 1.82) is 0 Å². The van der Waals surface area contributed by atoms with Crippen molar-refractivity contribution < 1.29 is 45.7 Å².